The fourth-order valence-electron chi connectivity index (χ4n) is 4.79. The number of hydrogen-bond donors (Lipinski definition) is 2. The van der Waals surface area contributed by atoms with E-state index in [-0.39, 0.29) is 11.4 Å². The summed E-state index contributed by atoms with van der Waals surface area (Å²) in [6.07, 6.45) is 4.97. The van der Waals surface area contributed by atoms with E-state index in [1.807, 2.05) is 13.8 Å². The third kappa shape index (κ3) is 2.67. The number of rotatable bonds is 4. The van der Waals surface area contributed by atoms with Crippen LogP contribution in [0, 0.1) is 19.8 Å². The molecular formula is C20H26N4O. The third-order valence-electron chi connectivity index (χ3n) is 6.04. The van der Waals surface area contributed by atoms with Gasteiger partial charge in [0, 0.05) is 6.54 Å². The number of likely N-dealkylation sites (tertiary alicyclic amines) is 1. The van der Waals surface area contributed by atoms with Gasteiger partial charge in [-0.1, -0.05) is 43.2 Å². The van der Waals surface area contributed by atoms with Crippen molar-refractivity contribution in [2.24, 2.45) is 5.92 Å². The standard InChI is InChI=1S/C20H26N4O/c1-14-19(15(2)23-22-14)21-18(25)13-24-12-17-10-6-7-11-20(17,24)16-8-4-3-5-9-16/h3-5,8-9,17H,6-7,10-13H2,1-2H3,(H,21,25)(H,22,23)/t17-,20-/m0/s1. The Morgan fingerprint density at radius 1 is 1.32 bits per heavy atom. The number of aryl methyl sites for hydroxylation is 2. The van der Waals surface area contributed by atoms with Gasteiger partial charge in [-0.25, -0.2) is 0 Å². The van der Waals surface area contributed by atoms with Gasteiger partial charge in [-0.3, -0.25) is 14.8 Å². The Morgan fingerprint density at radius 3 is 2.80 bits per heavy atom. The lowest BCUT2D eigenvalue weighted by Crippen LogP contribution is -2.67. The van der Waals surface area contributed by atoms with Gasteiger partial charge in [-0.2, -0.15) is 5.10 Å². The molecular weight excluding hydrogens is 312 g/mol. The molecule has 1 amide bonds. The molecule has 0 spiro atoms. The second-order valence-electron chi connectivity index (χ2n) is 7.47. The predicted molar refractivity (Wildman–Crippen MR) is 98.3 cm³/mol. The summed E-state index contributed by atoms with van der Waals surface area (Å²) < 4.78 is 0. The van der Waals surface area contributed by atoms with Crippen molar-refractivity contribution in [3.63, 3.8) is 0 Å². The van der Waals surface area contributed by atoms with Crippen LogP contribution in [-0.2, 0) is 10.3 Å². The maximum atomic E-state index is 12.7. The van der Waals surface area contributed by atoms with Gasteiger partial charge in [0.2, 0.25) is 5.91 Å². The summed E-state index contributed by atoms with van der Waals surface area (Å²) in [4.78, 5) is 15.1. The minimum atomic E-state index is 0.0481. The fraction of sp³-hybridized carbons (Fsp3) is 0.500. The second-order valence-corrected chi connectivity index (χ2v) is 7.47. The topological polar surface area (TPSA) is 61.0 Å². The van der Waals surface area contributed by atoms with Gasteiger partial charge < -0.3 is 5.32 Å². The summed E-state index contributed by atoms with van der Waals surface area (Å²) >= 11 is 0. The van der Waals surface area contributed by atoms with Crippen molar-refractivity contribution >= 4 is 11.6 Å². The number of hydrogen-bond acceptors (Lipinski definition) is 3. The van der Waals surface area contributed by atoms with Crippen LogP contribution in [0.5, 0.6) is 0 Å². The normalized spacial score (nSPS) is 25.9. The molecule has 2 fully saturated rings. The molecule has 2 aromatic rings. The summed E-state index contributed by atoms with van der Waals surface area (Å²) in [5.41, 5.74) is 3.98. The van der Waals surface area contributed by atoms with E-state index in [1.54, 1.807) is 0 Å². The SMILES string of the molecule is Cc1n[nH]c(C)c1NC(=O)CN1C[C@@H]2CCCC[C@]21c1ccccc1. The van der Waals surface area contributed by atoms with Crippen molar-refractivity contribution in [2.75, 3.05) is 18.4 Å². The van der Waals surface area contributed by atoms with E-state index in [4.69, 9.17) is 0 Å². The van der Waals surface area contributed by atoms with Crippen LogP contribution in [0.1, 0.15) is 42.6 Å². The van der Waals surface area contributed by atoms with E-state index in [0.29, 0.717) is 12.5 Å². The maximum Gasteiger partial charge on any atom is 0.238 e. The quantitative estimate of drug-likeness (QED) is 0.898. The summed E-state index contributed by atoms with van der Waals surface area (Å²) in [5.74, 6) is 0.723. The van der Waals surface area contributed by atoms with Gasteiger partial charge in [0.1, 0.15) is 0 Å². The van der Waals surface area contributed by atoms with Gasteiger partial charge >= 0.3 is 0 Å². The van der Waals surface area contributed by atoms with Gasteiger partial charge in [0.25, 0.3) is 0 Å². The Labute approximate surface area is 148 Å². The van der Waals surface area contributed by atoms with Crippen LogP contribution in [0.15, 0.2) is 30.3 Å². The van der Waals surface area contributed by atoms with E-state index >= 15 is 0 Å². The van der Waals surface area contributed by atoms with Crippen LogP contribution in [0.25, 0.3) is 0 Å². The average molecular weight is 338 g/mol. The largest absolute Gasteiger partial charge is 0.322 e. The summed E-state index contributed by atoms with van der Waals surface area (Å²) in [7, 11) is 0. The van der Waals surface area contributed by atoms with Crippen molar-refractivity contribution < 1.29 is 4.79 Å². The molecule has 2 aliphatic rings. The van der Waals surface area contributed by atoms with E-state index < -0.39 is 0 Å². The average Bonchev–Trinajstić information content (AvgIpc) is 2.92. The lowest BCUT2D eigenvalue weighted by Gasteiger charge is -2.61. The van der Waals surface area contributed by atoms with Crippen molar-refractivity contribution in [1.29, 1.82) is 0 Å². The van der Waals surface area contributed by atoms with Gasteiger partial charge in [-0.05, 0) is 38.2 Å². The molecule has 1 saturated carbocycles. The minimum absolute atomic E-state index is 0.0481. The monoisotopic (exact) mass is 338 g/mol. The number of nitrogens with one attached hydrogen (secondary N) is 2. The molecule has 5 heteroatoms. The van der Waals surface area contributed by atoms with Crippen molar-refractivity contribution in [3.8, 4) is 0 Å². The zero-order valence-electron chi connectivity index (χ0n) is 15.0. The van der Waals surface area contributed by atoms with Crippen molar-refractivity contribution in [3.05, 3.63) is 47.3 Å². The number of H-pyrrole nitrogens is 1. The Balaban J connectivity index is 1.53. The highest BCUT2D eigenvalue weighted by atomic mass is 16.2. The number of nitrogens with zero attached hydrogens (tertiary/aromatic N) is 2. The second kappa shape index (κ2) is 6.30. The molecule has 2 heterocycles. The van der Waals surface area contributed by atoms with Crippen molar-refractivity contribution in [1.82, 2.24) is 15.1 Å². The highest BCUT2D eigenvalue weighted by Gasteiger charge is 2.55. The predicted octanol–water partition coefficient (Wildman–Crippen LogP) is 3.37. The number of fused-ring (bicyclic) bond motifs is 1. The highest BCUT2D eigenvalue weighted by molar-refractivity contribution is 5.93. The number of aromatic nitrogens is 2. The Morgan fingerprint density at radius 2 is 2.12 bits per heavy atom. The summed E-state index contributed by atoms with van der Waals surface area (Å²) in [6, 6.07) is 10.8. The first kappa shape index (κ1) is 16.3. The number of carbonyl (C=O) groups excluding carboxylic acids is 1. The van der Waals surface area contributed by atoms with Crippen LogP contribution in [-0.4, -0.2) is 34.1 Å². The van der Waals surface area contributed by atoms with Gasteiger partial charge in [0.05, 0.1) is 29.2 Å². The molecule has 0 bridgehead atoms. The molecule has 1 saturated heterocycles. The molecule has 2 N–H and O–H groups in total. The molecule has 1 aromatic carbocycles. The molecule has 1 aromatic heterocycles. The molecule has 0 unspecified atom stereocenters. The first-order valence-electron chi connectivity index (χ1n) is 9.23. The Kier molecular flexibility index (Phi) is 4.12. The number of carbonyl (C=O) groups is 1. The minimum Gasteiger partial charge on any atom is -0.322 e. The Bertz CT molecular complexity index is 750. The number of amides is 1. The Hall–Kier alpha value is -2.14. The molecule has 25 heavy (non-hydrogen) atoms. The molecule has 1 aliphatic carbocycles. The van der Waals surface area contributed by atoms with Gasteiger partial charge in [-0.15, -0.1) is 0 Å². The molecule has 4 rings (SSSR count). The highest BCUT2D eigenvalue weighted by Crippen LogP contribution is 2.53. The number of benzene rings is 1. The molecule has 1 aliphatic heterocycles. The van der Waals surface area contributed by atoms with Crippen LogP contribution in [0.2, 0.25) is 0 Å². The molecule has 132 valence electrons. The van der Waals surface area contributed by atoms with Crippen LogP contribution >= 0.6 is 0 Å². The first-order chi connectivity index (χ1) is 12.1. The zero-order chi connectivity index (χ0) is 17.4. The molecule has 5 nitrogen and oxygen atoms in total. The summed E-state index contributed by atoms with van der Waals surface area (Å²) in [6.45, 7) is 5.30. The summed E-state index contributed by atoms with van der Waals surface area (Å²) in [5, 5.41) is 10.1. The lowest BCUT2D eigenvalue weighted by molar-refractivity contribution is -0.138. The number of anilines is 1. The third-order valence-corrected chi connectivity index (χ3v) is 6.04. The smallest absolute Gasteiger partial charge is 0.238 e. The fourth-order valence-corrected chi connectivity index (χ4v) is 4.79. The zero-order valence-corrected chi connectivity index (χ0v) is 15.0. The van der Waals surface area contributed by atoms with E-state index in [1.165, 1.54) is 24.8 Å². The van der Waals surface area contributed by atoms with E-state index in [2.05, 4.69) is 50.7 Å². The lowest BCUT2D eigenvalue weighted by atomic mass is 9.62. The van der Waals surface area contributed by atoms with Crippen LogP contribution < -0.4 is 5.32 Å². The maximum absolute atomic E-state index is 12.7. The van der Waals surface area contributed by atoms with Crippen molar-refractivity contribution in [2.45, 2.75) is 45.1 Å². The molecule has 2 atom stereocenters. The molecule has 0 radical (unpaired) electrons. The first-order valence-corrected chi connectivity index (χ1v) is 9.23. The van der Waals surface area contributed by atoms with Gasteiger partial charge in [0.15, 0.2) is 0 Å². The van der Waals surface area contributed by atoms with Crippen LogP contribution in [0.3, 0.4) is 0 Å². The number of aromatic amines is 1. The van der Waals surface area contributed by atoms with Crippen LogP contribution in [0.4, 0.5) is 5.69 Å². The van der Waals surface area contributed by atoms with E-state index in [0.717, 1.165) is 30.0 Å². The van der Waals surface area contributed by atoms with E-state index in [9.17, 15) is 4.79 Å².